The largest absolute Gasteiger partial charge is 0.497 e. The lowest BCUT2D eigenvalue weighted by Crippen LogP contribution is -2.27. The summed E-state index contributed by atoms with van der Waals surface area (Å²) in [5, 5.41) is 4.59. The molecule has 7 nitrogen and oxygen atoms in total. The highest BCUT2D eigenvalue weighted by Gasteiger charge is 2.39. The summed E-state index contributed by atoms with van der Waals surface area (Å²) in [6, 6.07) is 20.5. The summed E-state index contributed by atoms with van der Waals surface area (Å²) in [4.78, 5) is 0.173. The van der Waals surface area contributed by atoms with E-state index < -0.39 is 16.1 Å². The van der Waals surface area contributed by atoms with Crippen LogP contribution in [-0.2, 0) is 10.0 Å². The second kappa shape index (κ2) is 8.92. The summed E-state index contributed by atoms with van der Waals surface area (Å²) in [6.07, 6.45) is 0.356. The minimum atomic E-state index is -3.91. The molecular weight excluding hydrogens is 428 g/mol. The number of hydrazone groups is 1. The summed E-state index contributed by atoms with van der Waals surface area (Å²) < 4.78 is 44.7. The smallest absolute Gasteiger partial charge is 0.279 e. The number of nitrogens with zero attached hydrogens (tertiary/aromatic N) is 2. The second-order valence-electron chi connectivity index (χ2n) is 7.17. The second-order valence-corrected chi connectivity index (χ2v) is 8.96. The number of ether oxygens (including phenoxy) is 3. The van der Waals surface area contributed by atoms with Crippen LogP contribution in [0, 0.1) is 0 Å². The number of methoxy groups -OCH3 is 3. The van der Waals surface area contributed by atoms with Gasteiger partial charge in [0.25, 0.3) is 10.0 Å². The van der Waals surface area contributed by atoms with E-state index in [1.54, 1.807) is 63.8 Å². The lowest BCUT2D eigenvalue weighted by atomic mass is 9.98. The van der Waals surface area contributed by atoms with Crippen molar-refractivity contribution in [3.8, 4) is 17.2 Å². The molecule has 0 aromatic heterocycles. The molecule has 3 aromatic rings. The predicted octanol–water partition coefficient (Wildman–Crippen LogP) is 4.25. The summed E-state index contributed by atoms with van der Waals surface area (Å²) in [5.41, 5.74) is 2.04. The molecule has 0 bridgehead atoms. The average Bonchev–Trinajstić information content (AvgIpc) is 3.30. The van der Waals surface area contributed by atoms with Crippen molar-refractivity contribution in [1.82, 2.24) is 4.41 Å². The summed E-state index contributed by atoms with van der Waals surface area (Å²) in [7, 11) is 0.794. The van der Waals surface area contributed by atoms with Crippen LogP contribution in [0.3, 0.4) is 0 Å². The number of hydrogen-bond acceptors (Lipinski definition) is 6. The van der Waals surface area contributed by atoms with Gasteiger partial charge in [-0.05, 0) is 30.3 Å². The molecule has 166 valence electrons. The minimum Gasteiger partial charge on any atom is -0.497 e. The van der Waals surface area contributed by atoms with Gasteiger partial charge in [0.15, 0.2) is 0 Å². The molecule has 0 spiro atoms. The highest BCUT2D eigenvalue weighted by atomic mass is 32.2. The van der Waals surface area contributed by atoms with Gasteiger partial charge in [-0.25, -0.2) is 0 Å². The molecular formula is C24H24N2O5S. The molecule has 0 unspecified atom stereocenters. The molecule has 0 aliphatic carbocycles. The molecule has 0 saturated carbocycles. The van der Waals surface area contributed by atoms with Gasteiger partial charge in [-0.15, -0.1) is 0 Å². The van der Waals surface area contributed by atoms with Crippen molar-refractivity contribution >= 4 is 15.7 Å². The Bertz CT molecular complexity index is 1240. The quantitative estimate of drug-likeness (QED) is 0.536. The molecule has 32 heavy (non-hydrogen) atoms. The predicted molar refractivity (Wildman–Crippen MR) is 122 cm³/mol. The lowest BCUT2D eigenvalue weighted by Gasteiger charge is -2.24. The Morgan fingerprint density at radius 3 is 2.22 bits per heavy atom. The van der Waals surface area contributed by atoms with Crippen LogP contribution in [0.25, 0.3) is 0 Å². The van der Waals surface area contributed by atoms with Crippen molar-refractivity contribution < 1.29 is 22.6 Å². The summed E-state index contributed by atoms with van der Waals surface area (Å²) in [6.45, 7) is 0. The van der Waals surface area contributed by atoms with E-state index in [9.17, 15) is 8.42 Å². The summed E-state index contributed by atoms with van der Waals surface area (Å²) >= 11 is 0. The van der Waals surface area contributed by atoms with Crippen LogP contribution in [-0.4, -0.2) is 39.9 Å². The molecule has 1 aliphatic heterocycles. The van der Waals surface area contributed by atoms with Crippen LogP contribution < -0.4 is 14.2 Å². The molecule has 0 radical (unpaired) electrons. The normalized spacial score (nSPS) is 15.9. The van der Waals surface area contributed by atoms with Crippen LogP contribution >= 0.6 is 0 Å². The van der Waals surface area contributed by atoms with E-state index in [0.29, 0.717) is 34.9 Å². The van der Waals surface area contributed by atoms with Crippen molar-refractivity contribution in [2.24, 2.45) is 5.10 Å². The zero-order valence-corrected chi connectivity index (χ0v) is 18.9. The number of para-hydroxylation sites is 1. The van der Waals surface area contributed by atoms with E-state index in [-0.39, 0.29) is 4.90 Å². The summed E-state index contributed by atoms with van der Waals surface area (Å²) in [5.74, 6) is 1.80. The van der Waals surface area contributed by atoms with E-state index in [2.05, 4.69) is 5.10 Å². The molecule has 0 amide bonds. The van der Waals surface area contributed by atoms with Gasteiger partial charge < -0.3 is 14.2 Å². The fraction of sp³-hybridized carbons (Fsp3) is 0.208. The number of benzene rings is 3. The first-order chi connectivity index (χ1) is 15.5. The lowest BCUT2D eigenvalue weighted by molar-refractivity contribution is 0.350. The molecule has 1 atom stereocenters. The van der Waals surface area contributed by atoms with Crippen molar-refractivity contribution in [2.75, 3.05) is 21.3 Å². The Hall–Kier alpha value is -3.52. The SMILES string of the molecule is COc1ccc(C2=NN(S(=O)(=O)c3ccccc3)[C@@H](c3ccccc3OC)C2)c(OC)c1. The van der Waals surface area contributed by atoms with Gasteiger partial charge in [0.05, 0.1) is 38.0 Å². The van der Waals surface area contributed by atoms with Crippen LogP contribution in [0.15, 0.2) is 82.8 Å². The zero-order chi connectivity index (χ0) is 22.7. The van der Waals surface area contributed by atoms with Gasteiger partial charge >= 0.3 is 0 Å². The molecule has 4 rings (SSSR count). The Labute approximate surface area is 187 Å². The van der Waals surface area contributed by atoms with E-state index in [1.165, 1.54) is 4.41 Å². The van der Waals surface area contributed by atoms with Gasteiger partial charge in [-0.1, -0.05) is 36.4 Å². The number of hydrogen-bond donors (Lipinski definition) is 0. The number of rotatable bonds is 7. The van der Waals surface area contributed by atoms with Crippen LogP contribution in [0.4, 0.5) is 0 Å². The third kappa shape index (κ3) is 3.89. The maximum Gasteiger partial charge on any atom is 0.279 e. The molecule has 1 heterocycles. The van der Waals surface area contributed by atoms with E-state index in [4.69, 9.17) is 14.2 Å². The Kier molecular flexibility index (Phi) is 6.05. The molecule has 0 saturated heterocycles. The van der Waals surface area contributed by atoms with Crippen molar-refractivity contribution in [3.05, 3.63) is 83.9 Å². The fourth-order valence-corrected chi connectivity index (χ4v) is 5.23. The van der Waals surface area contributed by atoms with Crippen LogP contribution in [0.2, 0.25) is 0 Å². The van der Waals surface area contributed by atoms with Crippen molar-refractivity contribution in [1.29, 1.82) is 0 Å². The maximum absolute atomic E-state index is 13.6. The van der Waals surface area contributed by atoms with Gasteiger partial charge in [0.2, 0.25) is 0 Å². The topological polar surface area (TPSA) is 77.4 Å². The highest BCUT2D eigenvalue weighted by molar-refractivity contribution is 7.89. The molecule has 0 fully saturated rings. The highest BCUT2D eigenvalue weighted by Crippen LogP contribution is 2.42. The van der Waals surface area contributed by atoms with Gasteiger partial charge in [-0.3, -0.25) is 0 Å². The third-order valence-electron chi connectivity index (χ3n) is 5.38. The third-order valence-corrected chi connectivity index (χ3v) is 7.07. The Morgan fingerprint density at radius 2 is 1.53 bits per heavy atom. The Balaban J connectivity index is 1.85. The van der Waals surface area contributed by atoms with E-state index >= 15 is 0 Å². The monoisotopic (exact) mass is 452 g/mol. The molecule has 1 aliphatic rings. The fourth-order valence-electron chi connectivity index (χ4n) is 3.78. The first-order valence-corrected chi connectivity index (χ1v) is 11.5. The van der Waals surface area contributed by atoms with E-state index in [1.807, 2.05) is 30.3 Å². The maximum atomic E-state index is 13.6. The van der Waals surface area contributed by atoms with Crippen molar-refractivity contribution in [2.45, 2.75) is 17.4 Å². The van der Waals surface area contributed by atoms with Gasteiger partial charge in [0.1, 0.15) is 17.2 Å². The van der Waals surface area contributed by atoms with E-state index in [0.717, 1.165) is 5.56 Å². The first-order valence-electron chi connectivity index (χ1n) is 10.0. The Morgan fingerprint density at radius 1 is 0.844 bits per heavy atom. The van der Waals surface area contributed by atoms with Gasteiger partial charge in [0, 0.05) is 23.6 Å². The average molecular weight is 453 g/mol. The molecule has 0 N–H and O–H groups in total. The standard InChI is InChI=1S/C24H24N2O5S/c1-29-17-13-14-19(24(15-17)31-3)21-16-22(20-11-7-8-12-23(20)30-2)26(25-21)32(27,28)18-9-5-4-6-10-18/h4-15,22H,16H2,1-3H3/t22-/m1/s1. The molecule has 3 aromatic carbocycles. The van der Waals surface area contributed by atoms with Gasteiger partial charge in [-0.2, -0.15) is 17.9 Å². The van der Waals surface area contributed by atoms with Crippen LogP contribution in [0.1, 0.15) is 23.6 Å². The minimum absolute atomic E-state index is 0.173. The first kappa shape index (κ1) is 21.7. The zero-order valence-electron chi connectivity index (χ0n) is 18.1. The molecule has 8 heteroatoms. The number of sulfonamides is 1. The van der Waals surface area contributed by atoms with Crippen LogP contribution in [0.5, 0.6) is 17.2 Å². The van der Waals surface area contributed by atoms with Crippen molar-refractivity contribution in [3.63, 3.8) is 0 Å².